The topological polar surface area (TPSA) is 68.0 Å². The van der Waals surface area contributed by atoms with Gasteiger partial charge in [0.05, 0.1) is 18.3 Å². The first-order valence-corrected chi connectivity index (χ1v) is 7.10. The average molecular weight is 261 g/mol. The number of hydrogen-bond acceptors (Lipinski definition) is 3. The standard InChI is InChI=1S/C15H23N3O/c1-11-2-4-12(5-3-11)9-18-15(19)8-14-7-6-13(16)10-17-14/h6-7,10-12H,2-5,8-9,16H2,1H3,(H,18,19). The van der Waals surface area contributed by atoms with Crippen LogP contribution in [0.2, 0.25) is 0 Å². The molecule has 19 heavy (non-hydrogen) atoms. The van der Waals surface area contributed by atoms with Gasteiger partial charge in [0.2, 0.25) is 5.91 Å². The molecule has 0 aromatic carbocycles. The van der Waals surface area contributed by atoms with Gasteiger partial charge >= 0.3 is 0 Å². The Kier molecular flexibility index (Phi) is 4.77. The molecule has 1 aliphatic rings. The molecule has 1 aromatic rings. The summed E-state index contributed by atoms with van der Waals surface area (Å²) in [7, 11) is 0. The third-order valence-corrected chi connectivity index (χ3v) is 3.91. The molecule has 0 aliphatic heterocycles. The Balaban J connectivity index is 1.71. The Bertz CT molecular complexity index is 408. The lowest BCUT2D eigenvalue weighted by Gasteiger charge is -2.26. The van der Waals surface area contributed by atoms with Crippen LogP contribution in [-0.2, 0) is 11.2 Å². The van der Waals surface area contributed by atoms with Crippen molar-refractivity contribution in [2.75, 3.05) is 12.3 Å². The van der Waals surface area contributed by atoms with Gasteiger partial charge in [-0.3, -0.25) is 9.78 Å². The van der Waals surface area contributed by atoms with Crippen LogP contribution in [0.15, 0.2) is 18.3 Å². The lowest BCUT2D eigenvalue weighted by Crippen LogP contribution is -2.32. The van der Waals surface area contributed by atoms with E-state index in [0.717, 1.165) is 18.2 Å². The molecule has 104 valence electrons. The van der Waals surface area contributed by atoms with E-state index in [9.17, 15) is 4.79 Å². The Morgan fingerprint density at radius 1 is 1.37 bits per heavy atom. The van der Waals surface area contributed by atoms with Crippen molar-refractivity contribution in [3.05, 3.63) is 24.0 Å². The van der Waals surface area contributed by atoms with E-state index in [1.54, 1.807) is 18.3 Å². The number of carbonyl (C=O) groups excluding carboxylic acids is 1. The van der Waals surface area contributed by atoms with E-state index >= 15 is 0 Å². The van der Waals surface area contributed by atoms with Crippen molar-refractivity contribution < 1.29 is 4.79 Å². The summed E-state index contributed by atoms with van der Waals surface area (Å²) >= 11 is 0. The van der Waals surface area contributed by atoms with E-state index in [0.29, 0.717) is 18.0 Å². The molecule has 0 atom stereocenters. The van der Waals surface area contributed by atoms with Gasteiger partial charge in [-0.1, -0.05) is 19.8 Å². The Labute approximate surface area is 114 Å². The predicted octanol–water partition coefficient (Wildman–Crippen LogP) is 2.15. The molecule has 0 radical (unpaired) electrons. The minimum Gasteiger partial charge on any atom is -0.397 e. The summed E-state index contributed by atoms with van der Waals surface area (Å²) in [4.78, 5) is 16.0. The van der Waals surface area contributed by atoms with E-state index in [2.05, 4.69) is 17.2 Å². The van der Waals surface area contributed by atoms with E-state index in [-0.39, 0.29) is 5.91 Å². The second kappa shape index (κ2) is 6.55. The second-order valence-corrected chi connectivity index (χ2v) is 5.69. The fourth-order valence-electron chi connectivity index (χ4n) is 2.56. The second-order valence-electron chi connectivity index (χ2n) is 5.69. The van der Waals surface area contributed by atoms with E-state index in [1.165, 1.54) is 25.7 Å². The van der Waals surface area contributed by atoms with Crippen molar-refractivity contribution in [3.8, 4) is 0 Å². The number of anilines is 1. The lowest BCUT2D eigenvalue weighted by molar-refractivity contribution is -0.120. The van der Waals surface area contributed by atoms with Crippen LogP contribution >= 0.6 is 0 Å². The lowest BCUT2D eigenvalue weighted by atomic mass is 9.83. The Morgan fingerprint density at radius 2 is 2.11 bits per heavy atom. The fourth-order valence-corrected chi connectivity index (χ4v) is 2.56. The number of nitrogens with one attached hydrogen (secondary N) is 1. The van der Waals surface area contributed by atoms with Gasteiger partial charge in [0.1, 0.15) is 0 Å². The molecule has 0 unspecified atom stereocenters. The Morgan fingerprint density at radius 3 is 2.74 bits per heavy atom. The summed E-state index contributed by atoms with van der Waals surface area (Å²) in [6, 6.07) is 3.58. The predicted molar refractivity (Wildman–Crippen MR) is 76.5 cm³/mol. The molecule has 4 nitrogen and oxygen atoms in total. The third-order valence-electron chi connectivity index (χ3n) is 3.91. The molecule has 1 aromatic heterocycles. The van der Waals surface area contributed by atoms with Crippen molar-refractivity contribution in [2.45, 2.75) is 39.0 Å². The number of hydrogen-bond donors (Lipinski definition) is 2. The first kappa shape index (κ1) is 13.8. The van der Waals surface area contributed by atoms with Gasteiger partial charge in [0.15, 0.2) is 0 Å². The van der Waals surface area contributed by atoms with Crippen molar-refractivity contribution in [3.63, 3.8) is 0 Å². The van der Waals surface area contributed by atoms with Crippen LogP contribution in [0.5, 0.6) is 0 Å². The van der Waals surface area contributed by atoms with Crippen LogP contribution in [0.3, 0.4) is 0 Å². The first-order valence-electron chi connectivity index (χ1n) is 7.10. The van der Waals surface area contributed by atoms with E-state index < -0.39 is 0 Å². The molecule has 1 amide bonds. The van der Waals surface area contributed by atoms with E-state index in [1.807, 2.05) is 0 Å². The summed E-state index contributed by atoms with van der Waals surface area (Å²) in [6.07, 6.45) is 6.98. The number of aromatic nitrogens is 1. The largest absolute Gasteiger partial charge is 0.397 e. The first-order chi connectivity index (χ1) is 9.13. The number of amides is 1. The minimum absolute atomic E-state index is 0.0518. The molecule has 2 rings (SSSR count). The molecule has 0 bridgehead atoms. The smallest absolute Gasteiger partial charge is 0.226 e. The van der Waals surface area contributed by atoms with Crippen molar-refractivity contribution in [2.24, 2.45) is 11.8 Å². The van der Waals surface area contributed by atoms with Gasteiger partial charge in [0, 0.05) is 12.2 Å². The van der Waals surface area contributed by atoms with E-state index in [4.69, 9.17) is 5.73 Å². The number of pyridine rings is 1. The van der Waals surface area contributed by atoms with Crippen LogP contribution in [0, 0.1) is 11.8 Å². The van der Waals surface area contributed by atoms with Gasteiger partial charge in [-0.05, 0) is 36.8 Å². The highest BCUT2D eigenvalue weighted by Crippen LogP contribution is 2.27. The van der Waals surface area contributed by atoms with Gasteiger partial charge in [-0.15, -0.1) is 0 Å². The molecule has 1 fully saturated rings. The highest BCUT2D eigenvalue weighted by molar-refractivity contribution is 5.78. The summed E-state index contributed by atoms with van der Waals surface area (Å²) in [5, 5.41) is 3.02. The monoisotopic (exact) mass is 261 g/mol. The quantitative estimate of drug-likeness (QED) is 0.872. The zero-order valence-corrected chi connectivity index (χ0v) is 11.6. The highest BCUT2D eigenvalue weighted by Gasteiger charge is 2.18. The molecule has 1 heterocycles. The zero-order valence-electron chi connectivity index (χ0n) is 11.6. The van der Waals surface area contributed by atoms with Crippen LogP contribution in [0.1, 0.15) is 38.3 Å². The Hall–Kier alpha value is -1.58. The normalized spacial score (nSPS) is 23.0. The van der Waals surface area contributed by atoms with Gasteiger partial charge in [0.25, 0.3) is 0 Å². The summed E-state index contributed by atoms with van der Waals surface area (Å²) in [5.74, 6) is 1.56. The van der Waals surface area contributed by atoms with Crippen LogP contribution in [0.4, 0.5) is 5.69 Å². The molecular weight excluding hydrogens is 238 g/mol. The van der Waals surface area contributed by atoms with Gasteiger partial charge in [-0.2, -0.15) is 0 Å². The number of nitrogen functional groups attached to an aromatic ring is 1. The van der Waals surface area contributed by atoms with Crippen LogP contribution in [-0.4, -0.2) is 17.4 Å². The average Bonchev–Trinajstić information content (AvgIpc) is 2.41. The van der Waals surface area contributed by atoms with Crippen LogP contribution in [0.25, 0.3) is 0 Å². The molecule has 4 heteroatoms. The molecule has 3 N–H and O–H groups in total. The molecular formula is C15H23N3O. The summed E-state index contributed by atoms with van der Waals surface area (Å²) < 4.78 is 0. The van der Waals surface area contributed by atoms with Gasteiger partial charge in [-0.25, -0.2) is 0 Å². The third kappa shape index (κ3) is 4.54. The summed E-state index contributed by atoms with van der Waals surface area (Å²) in [5.41, 5.74) is 6.95. The molecule has 0 spiro atoms. The van der Waals surface area contributed by atoms with Crippen molar-refractivity contribution in [1.29, 1.82) is 0 Å². The summed E-state index contributed by atoms with van der Waals surface area (Å²) in [6.45, 7) is 3.11. The minimum atomic E-state index is 0.0518. The maximum absolute atomic E-state index is 11.8. The van der Waals surface area contributed by atoms with Crippen molar-refractivity contribution in [1.82, 2.24) is 10.3 Å². The maximum Gasteiger partial charge on any atom is 0.226 e. The number of nitrogens with two attached hydrogens (primary N) is 1. The fraction of sp³-hybridized carbons (Fsp3) is 0.600. The number of carbonyl (C=O) groups is 1. The molecule has 1 saturated carbocycles. The zero-order chi connectivity index (χ0) is 13.7. The molecule has 0 saturated heterocycles. The maximum atomic E-state index is 11.8. The highest BCUT2D eigenvalue weighted by atomic mass is 16.1. The van der Waals surface area contributed by atoms with Crippen molar-refractivity contribution >= 4 is 11.6 Å². The van der Waals surface area contributed by atoms with Crippen LogP contribution < -0.4 is 11.1 Å². The number of nitrogens with zero attached hydrogens (tertiary/aromatic N) is 1. The SMILES string of the molecule is CC1CCC(CNC(=O)Cc2ccc(N)cn2)CC1. The molecule has 1 aliphatic carbocycles. The van der Waals surface area contributed by atoms with Gasteiger partial charge < -0.3 is 11.1 Å². The number of rotatable bonds is 4.